The van der Waals surface area contributed by atoms with E-state index >= 15 is 0 Å². The maximum Gasteiger partial charge on any atom is 0.261 e. The molecule has 4 N–H and O–H groups in total. The largest absolute Gasteiger partial charge is 0.352 e. The van der Waals surface area contributed by atoms with Crippen LogP contribution in [0.5, 0.6) is 0 Å². The molecule has 0 spiro atoms. The molecule has 2 aromatic rings. The van der Waals surface area contributed by atoms with E-state index in [0.717, 1.165) is 11.1 Å². The molecule has 0 aliphatic heterocycles. The highest BCUT2D eigenvalue weighted by atomic mass is 32.2. The Labute approximate surface area is 148 Å². The van der Waals surface area contributed by atoms with E-state index in [9.17, 15) is 13.2 Å². The van der Waals surface area contributed by atoms with Gasteiger partial charge in [0.25, 0.3) is 15.9 Å². The first kappa shape index (κ1) is 19.0. The number of hydrogen-bond acceptors (Lipinski definition) is 4. The minimum atomic E-state index is -3.71. The lowest BCUT2D eigenvalue weighted by molar-refractivity contribution is 0.0953. The minimum Gasteiger partial charge on any atom is -0.352 e. The van der Waals surface area contributed by atoms with Gasteiger partial charge in [-0.15, -0.1) is 0 Å². The Morgan fingerprint density at radius 1 is 1.08 bits per heavy atom. The summed E-state index contributed by atoms with van der Waals surface area (Å²) in [4.78, 5) is 12.0. The second-order valence-electron chi connectivity index (χ2n) is 5.78. The molecule has 0 saturated carbocycles. The van der Waals surface area contributed by atoms with Crippen LogP contribution in [0.1, 0.15) is 27.9 Å². The van der Waals surface area contributed by atoms with Crippen molar-refractivity contribution in [3.63, 3.8) is 0 Å². The smallest absolute Gasteiger partial charge is 0.261 e. The third-order valence-electron chi connectivity index (χ3n) is 3.94. The van der Waals surface area contributed by atoms with Crippen LogP contribution in [0, 0.1) is 13.8 Å². The average molecular weight is 361 g/mol. The van der Waals surface area contributed by atoms with E-state index < -0.39 is 10.0 Å². The fourth-order valence-electron chi connectivity index (χ4n) is 2.26. The minimum absolute atomic E-state index is 0.104. The number of anilines is 1. The molecule has 1 amide bonds. The summed E-state index contributed by atoms with van der Waals surface area (Å²) in [5.74, 6) is -0.250. The zero-order chi connectivity index (χ0) is 18.4. The summed E-state index contributed by atoms with van der Waals surface area (Å²) >= 11 is 0. The Morgan fingerprint density at radius 3 is 2.40 bits per heavy atom. The molecule has 0 saturated heterocycles. The Hall–Kier alpha value is -2.38. The summed E-state index contributed by atoms with van der Waals surface area (Å²) in [6.45, 7) is 4.78. The van der Waals surface area contributed by atoms with Gasteiger partial charge in [0.1, 0.15) is 0 Å². The zero-order valence-electron chi connectivity index (χ0n) is 14.4. The van der Waals surface area contributed by atoms with Crippen molar-refractivity contribution in [2.75, 3.05) is 17.8 Å². The summed E-state index contributed by atoms with van der Waals surface area (Å²) in [7, 11) is -3.71. The molecule has 6 nitrogen and oxygen atoms in total. The number of aryl methyl sites for hydroxylation is 1. The lowest BCUT2D eigenvalue weighted by Crippen LogP contribution is -2.26. The lowest BCUT2D eigenvalue weighted by atomic mass is 10.1. The molecule has 7 heteroatoms. The number of nitrogens with one attached hydrogen (secondary N) is 2. The zero-order valence-corrected chi connectivity index (χ0v) is 15.2. The SMILES string of the molecule is Cc1cccc(NS(=O)(=O)c2ccc(C(=O)NCCCN)cc2)c1C. The number of hydrogen-bond donors (Lipinski definition) is 3. The topological polar surface area (TPSA) is 101 Å². The molecule has 0 unspecified atom stereocenters. The molecule has 0 atom stereocenters. The highest BCUT2D eigenvalue weighted by molar-refractivity contribution is 7.92. The fraction of sp³-hybridized carbons (Fsp3) is 0.278. The first-order valence-corrected chi connectivity index (χ1v) is 9.51. The van der Waals surface area contributed by atoms with Gasteiger partial charge in [-0.05, 0) is 68.3 Å². The number of benzene rings is 2. The van der Waals surface area contributed by atoms with Crippen LogP contribution in [0.2, 0.25) is 0 Å². The summed E-state index contributed by atoms with van der Waals surface area (Å²) in [6.07, 6.45) is 0.692. The van der Waals surface area contributed by atoms with Crippen LogP contribution in [0.4, 0.5) is 5.69 Å². The molecule has 0 radical (unpaired) electrons. The van der Waals surface area contributed by atoms with Crippen LogP contribution in [-0.4, -0.2) is 27.4 Å². The van der Waals surface area contributed by atoms with Gasteiger partial charge in [-0.1, -0.05) is 12.1 Å². The van der Waals surface area contributed by atoms with Gasteiger partial charge >= 0.3 is 0 Å². The molecule has 0 bridgehead atoms. The number of carbonyl (C=O) groups is 1. The molecule has 2 aromatic carbocycles. The molecular weight excluding hydrogens is 338 g/mol. The monoisotopic (exact) mass is 361 g/mol. The van der Waals surface area contributed by atoms with E-state index in [1.807, 2.05) is 19.9 Å². The van der Waals surface area contributed by atoms with E-state index in [0.29, 0.717) is 30.8 Å². The van der Waals surface area contributed by atoms with Gasteiger partial charge in [0.2, 0.25) is 0 Å². The second kappa shape index (κ2) is 8.13. The van der Waals surface area contributed by atoms with E-state index in [1.165, 1.54) is 24.3 Å². The van der Waals surface area contributed by atoms with E-state index in [2.05, 4.69) is 10.0 Å². The predicted octanol–water partition coefficient (Wildman–Crippen LogP) is 2.18. The highest BCUT2D eigenvalue weighted by Crippen LogP contribution is 2.22. The molecule has 0 aromatic heterocycles. The summed E-state index contributed by atoms with van der Waals surface area (Å²) < 4.78 is 27.7. The molecule has 134 valence electrons. The Kier molecular flexibility index (Phi) is 6.17. The fourth-order valence-corrected chi connectivity index (χ4v) is 3.38. The highest BCUT2D eigenvalue weighted by Gasteiger charge is 2.16. The van der Waals surface area contributed by atoms with Crippen molar-refractivity contribution in [3.8, 4) is 0 Å². The van der Waals surface area contributed by atoms with Crippen molar-refractivity contribution in [1.82, 2.24) is 5.32 Å². The quantitative estimate of drug-likeness (QED) is 0.658. The van der Waals surface area contributed by atoms with Crippen LogP contribution in [-0.2, 0) is 10.0 Å². The van der Waals surface area contributed by atoms with Crippen molar-refractivity contribution in [2.45, 2.75) is 25.2 Å². The van der Waals surface area contributed by atoms with Gasteiger partial charge in [0.05, 0.1) is 10.6 Å². The van der Waals surface area contributed by atoms with Crippen LogP contribution >= 0.6 is 0 Å². The molecule has 2 rings (SSSR count). The summed E-state index contributed by atoms with van der Waals surface area (Å²) in [5, 5.41) is 2.73. The molecular formula is C18H23N3O3S. The average Bonchev–Trinajstić information content (AvgIpc) is 2.59. The van der Waals surface area contributed by atoms with Crippen LogP contribution < -0.4 is 15.8 Å². The van der Waals surface area contributed by atoms with Crippen molar-refractivity contribution >= 4 is 21.6 Å². The molecule has 0 aliphatic carbocycles. The molecule has 25 heavy (non-hydrogen) atoms. The van der Waals surface area contributed by atoms with Gasteiger partial charge in [0, 0.05) is 12.1 Å². The maximum atomic E-state index is 12.5. The van der Waals surface area contributed by atoms with Gasteiger partial charge in [-0.2, -0.15) is 0 Å². The van der Waals surface area contributed by atoms with Crippen molar-refractivity contribution in [2.24, 2.45) is 5.73 Å². The first-order chi connectivity index (χ1) is 11.8. The predicted molar refractivity (Wildman–Crippen MR) is 99.2 cm³/mol. The number of amides is 1. The molecule has 0 aliphatic rings. The molecule has 0 fully saturated rings. The Bertz CT molecular complexity index is 846. The van der Waals surface area contributed by atoms with E-state index in [-0.39, 0.29) is 10.8 Å². The van der Waals surface area contributed by atoms with Crippen molar-refractivity contribution < 1.29 is 13.2 Å². The summed E-state index contributed by atoms with van der Waals surface area (Å²) in [5.41, 5.74) is 8.21. The van der Waals surface area contributed by atoms with Crippen LogP contribution in [0.3, 0.4) is 0 Å². The maximum absolute atomic E-state index is 12.5. The van der Waals surface area contributed by atoms with Gasteiger partial charge in [-0.3, -0.25) is 9.52 Å². The normalized spacial score (nSPS) is 11.2. The standard InChI is InChI=1S/C18H23N3O3S/c1-13-5-3-6-17(14(13)2)21-25(23,24)16-9-7-15(8-10-16)18(22)20-12-4-11-19/h3,5-10,21H,4,11-12,19H2,1-2H3,(H,20,22). The number of sulfonamides is 1. The first-order valence-electron chi connectivity index (χ1n) is 8.02. The van der Waals surface area contributed by atoms with Gasteiger partial charge in [-0.25, -0.2) is 8.42 Å². The Morgan fingerprint density at radius 2 is 1.76 bits per heavy atom. The third-order valence-corrected chi connectivity index (χ3v) is 5.32. The lowest BCUT2D eigenvalue weighted by Gasteiger charge is -2.12. The van der Waals surface area contributed by atoms with Crippen molar-refractivity contribution in [1.29, 1.82) is 0 Å². The molecule has 0 heterocycles. The number of carbonyl (C=O) groups excluding carboxylic acids is 1. The van der Waals surface area contributed by atoms with Crippen LogP contribution in [0.25, 0.3) is 0 Å². The summed E-state index contributed by atoms with van der Waals surface area (Å²) in [6, 6.07) is 11.3. The Balaban J connectivity index is 2.15. The van der Waals surface area contributed by atoms with Crippen molar-refractivity contribution in [3.05, 3.63) is 59.2 Å². The number of rotatable bonds is 7. The third kappa shape index (κ3) is 4.80. The van der Waals surface area contributed by atoms with E-state index in [4.69, 9.17) is 5.73 Å². The van der Waals surface area contributed by atoms with Gasteiger partial charge in [0.15, 0.2) is 0 Å². The number of nitrogens with two attached hydrogens (primary N) is 1. The van der Waals surface area contributed by atoms with Crippen LogP contribution in [0.15, 0.2) is 47.4 Å². The second-order valence-corrected chi connectivity index (χ2v) is 7.46. The van der Waals surface area contributed by atoms with Gasteiger partial charge < -0.3 is 11.1 Å². The van der Waals surface area contributed by atoms with E-state index in [1.54, 1.807) is 12.1 Å².